The number of aromatic nitrogens is 2. The second-order valence-electron chi connectivity index (χ2n) is 4.44. The van der Waals surface area contributed by atoms with Gasteiger partial charge in [0.25, 0.3) is 0 Å². The van der Waals surface area contributed by atoms with E-state index in [-0.39, 0.29) is 0 Å². The molecule has 1 rings (SSSR count). The van der Waals surface area contributed by atoms with Gasteiger partial charge in [-0.05, 0) is 26.7 Å². The zero-order chi connectivity index (χ0) is 14.1. The number of hydrogen-bond acceptors (Lipinski definition) is 5. The second-order valence-corrected chi connectivity index (χ2v) is 4.44. The molecule has 0 aromatic carbocycles. The molecule has 0 aliphatic heterocycles. The van der Waals surface area contributed by atoms with Gasteiger partial charge in [0, 0.05) is 13.2 Å². The molecule has 108 valence electrons. The normalized spacial score (nSPS) is 10.5. The Labute approximate surface area is 115 Å². The molecular formula is C14H25N3O2. The second kappa shape index (κ2) is 8.69. The molecule has 1 heterocycles. The SMILES string of the molecule is CCCNc1nc(C)nc(OCCOCCC)c1C. The van der Waals surface area contributed by atoms with Gasteiger partial charge in [0.05, 0.1) is 12.2 Å². The van der Waals surface area contributed by atoms with Crippen molar-refractivity contribution in [2.45, 2.75) is 40.5 Å². The van der Waals surface area contributed by atoms with E-state index in [9.17, 15) is 0 Å². The third kappa shape index (κ3) is 5.42. The van der Waals surface area contributed by atoms with Crippen LogP contribution in [-0.2, 0) is 4.74 Å². The zero-order valence-electron chi connectivity index (χ0n) is 12.5. The predicted molar refractivity (Wildman–Crippen MR) is 76.9 cm³/mol. The molecule has 0 saturated heterocycles. The van der Waals surface area contributed by atoms with Crippen molar-refractivity contribution < 1.29 is 9.47 Å². The maximum absolute atomic E-state index is 5.67. The minimum atomic E-state index is 0.518. The van der Waals surface area contributed by atoms with Gasteiger partial charge in [-0.2, -0.15) is 4.98 Å². The van der Waals surface area contributed by atoms with Crippen LogP contribution in [0.3, 0.4) is 0 Å². The van der Waals surface area contributed by atoms with Crippen molar-refractivity contribution in [1.29, 1.82) is 0 Å². The standard InChI is InChI=1S/C14H25N3O2/c1-5-7-15-13-11(3)14(17-12(4)16-13)19-10-9-18-8-6-2/h5-10H2,1-4H3,(H,15,16,17). The minimum Gasteiger partial charge on any atom is -0.475 e. The summed E-state index contributed by atoms with van der Waals surface area (Å²) >= 11 is 0. The quantitative estimate of drug-likeness (QED) is 0.697. The highest BCUT2D eigenvalue weighted by Crippen LogP contribution is 2.21. The summed E-state index contributed by atoms with van der Waals surface area (Å²) in [6, 6.07) is 0. The Morgan fingerprint density at radius 2 is 1.79 bits per heavy atom. The molecule has 5 heteroatoms. The fraction of sp³-hybridized carbons (Fsp3) is 0.714. The topological polar surface area (TPSA) is 56.3 Å². The number of aryl methyl sites for hydroxylation is 1. The number of nitrogens with zero attached hydrogens (tertiary/aromatic N) is 2. The van der Waals surface area contributed by atoms with Crippen LogP contribution in [0.4, 0.5) is 5.82 Å². The van der Waals surface area contributed by atoms with Crippen LogP contribution in [0.1, 0.15) is 38.1 Å². The largest absolute Gasteiger partial charge is 0.475 e. The predicted octanol–water partition coefficient (Wildman–Crippen LogP) is 2.72. The monoisotopic (exact) mass is 267 g/mol. The first-order chi connectivity index (χ1) is 9.19. The molecule has 0 aliphatic carbocycles. The van der Waals surface area contributed by atoms with Gasteiger partial charge in [0.1, 0.15) is 18.2 Å². The molecule has 0 fully saturated rings. The maximum Gasteiger partial charge on any atom is 0.221 e. The Bertz CT molecular complexity index is 383. The van der Waals surface area contributed by atoms with Crippen molar-refractivity contribution in [2.75, 3.05) is 31.7 Å². The molecule has 0 amide bonds. The Balaban J connectivity index is 2.58. The first-order valence-electron chi connectivity index (χ1n) is 6.98. The molecule has 0 spiro atoms. The van der Waals surface area contributed by atoms with E-state index in [1.54, 1.807) is 0 Å². The number of rotatable bonds is 9. The van der Waals surface area contributed by atoms with Crippen LogP contribution in [0.2, 0.25) is 0 Å². The van der Waals surface area contributed by atoms with Gasteiger partial charge in [-0.1, -0.05) is 13.8 Å². The zero-order valence-corrected chi connectivity index (χ0v) is 12.5. The molecule has 1 N–H and O–H groups in total. The van der Waals surface area contributed by atoms with Crippen molar-refractivity contribution >= 4 is 5.82 Å². The van der Waals surface area contributed by atoms with Crippen LogP contribution in [0.25, 0.3) is 0 Å². The van der Waals surface area contributed by atoms with Gasteiger partial charge in [-0.3, -0.25) is 0 Å². The van der Waals surface area contributed by atoms with E-state index in [0.717, 1.165) is 37.4 Å². The molecule has 0 atom stereocenters. The van der Waals surface area contributed by atoms with Crippen molar-refractivity contribution in [3.63, 3.8) is 0 Å². The first-order valence-corrected chi connectivity index (χ1v) is 6.98. The molecule has 0 aliphatic rings. The molecule has 19 heavy (non-hydrogen) atoms. The Kier molecular flexibility index (Phi) is 7.18. The summed E-state index contributed by atoms with van der Waals surface area (Å²) in [4.78, 5) is 8.73. The van der Waals surface area contributed by atoms with Gasteiger partial charge < -0.3 is 14.8 Å². The summed E-state index contributed by atoms with van der Waals surface area (Å²) in [5, 5.41) is 3.29. The number of ether oxygens (including phenoxy) is 2. The number of anilines is 1. The lowest BCUT2D eigenvalue weighted by atomic mass is 10.3. The summed E-state index contributed by atoms with van der Waals surface area (Å²) in [5.41, 5.74) is 0.953. The van der Waals surface area contributed by atoms with E-state index >= 15 is 0 Å². The summed E-state index contributed by atoms with van der Waals surface area (Å²) in [6.07, 6.45) is 2.08. The minimum absolute atomic E-state index is 0.518. The lowest BCUT2D eigenvalue weighted by Gasteiger charge is -2.13. The van der Waals surface area contributed by atoms with E-state index in [1.807, 2.05) is 13.8 Å². The van der Waals surface area contributed by atoms with E-state index in [2.05, 4.69) is 29.1 Å². The molecule has 1 aromatic heterocycles. The summed E-state index contributed by atoms with van der Waals surface area (Å²) in [6.45, 7) is 10.8. The van der Waals surface area contributed by atoms with Crippen molar-refractivity contribution in [1.82, 2.24) is 9.97 Å². The van der Waals surface area contributed by atoms with Crippen LogP contribution < -0.4 is 10.1 Å². The van der Waals surface area contributed by atoms with E-state index < -0.39 is 0 Å². The first kappa shape index (κ1) is 15.7. The molecule has 0 radical (unpaired) electrons. The van der Waals surface area contributed by atoms with Crippen LogP contribution in [0.15, 0.2) is 0 Å². The smallest absolute Gasteiger partial charge is 0.221 e. The van der Waals surface area contributed by atoms with E-state index in [0.29, 0.717) is 24.9 Å². The van der Waals surface area contributed by atoms with Gasteiger partial charge >= 0.3 is 0 Å². The summed E-state index contributed by atoms with van der Waals surface area (Å²) < 4.78 is 11.1. The highest BCUT2D eigenvalue weighted by atomic mass is 16.5. The van der Waals surface area contributed by atoms with Crippen molar-refractivity contribution in [3.05, 3.63) is 11.4 Å². The third-order valence-electron chi connectivity index (χ3n) is 2.57. The highest BCUT2D eigenvalue weighted by molar-refractivity contribution is 5.48. The van der Waals surface area contributed by atoms with Gasteiger partial charge in [0.15, 0.2) is 0 Å². The number of hydrogen-bond donors (Lipinski definition) is 1. The van der Waals surface area contributed by atoms with Crippen molar-refractivity contribution in [2.24, 2.45) is 0 Å². The Morgan fingerprint density at radius 1 is 1.00 bits per heavy atom. The Hall–Kier alpha value is -1.36. The van der Waals surface area contributed by atoms with E-state index in [1.165, 1.54) is 0 Å². The van der Waals surface area contributed by atoms with E-state index in [4.69, 9.17) is 9.47 Å². The fourth-order valence-electron chi connectivity index (χ4n) is 1.60. The lowest BCUT2D eigenvalue weighted by molar-refractivity contribution is 0.0986. The van der Waals surface area contributed by atoms with Crippen LogP contribution in [0, 0.1) is 13.8 Å². The van der Waals surface area contributed by atoms with Crippen molar-refractivity contribution in [3.8, 4) is 5.88 Å². The average Bonchev–Trinajstić information content (AvgIpc) is 2.40. The molecule has 0 unspecified atom stereocenters. The lowest BCUT2D eigenvalue weighted by Crippen LogP contribution is -2.12. The molecule has 0 saturated carbocycles. The Morgan fingerprint density at radius 3 is 2.47 bits per heavy atom. The highest BCUT2D eigenvalue weighted by Gasteiger charge is 2.09. The average molecular weight is 267 g/mol. The number of nitrogens with one attached hydrogen (secondary N) is 1. The fourth-order valence-corrected chi connectivity index (χ4v) is 1.60. The van der Waals surface area contributed by atoms with Gasteiger partial charge in [0.2, 0.25) is 5.88 Å². The third-order valence-corrected chi connectivity index (χ3v) is 2.57. The molecule has 5 nitrogen and oxygen atoms in total. The molecule has 1 aromatic rings. The van der Waals surface area contributed by atoms with Crippen LogP contribution >= 0.6 is 0 Å². The van der Waals surface area contributed by atoms with Gasteiger partial charge in [-0.25, -0.2) is 4.98 Å². The summed E-state index contributed by atoms with van der Waals surface area (Å²) in [5.74, 6) is 2.22. The molecule has 0 bridgehead atoms. The summed E-state index contributed by atoms with van der Waals surface area (Å²) in [7, 11) is 0. The maximum atomic E-state index is 5.67. The van der Waals surface area contributed by atoms with Crippen LogP contribution in [-0.4, -0.2) is 36.3 Å². The van der Waals surface area contributed by atoms with Gasteiger partial charge in [-0.15, -0.1) is 0 Å². The molecular weight excluding hydrogens is 242 g/mol. The van der Waals surface area contributed by atoms with Crippen LogP contribution in [0.5, 0.6) is 5.88 Å².